The summed E-state index contributed by atoms with van der Waals surface area (Å²) in [7, 11) is 0. The third kappa shape index (κ3) is 2.68. The number of benzene rings is 1. The number of rotatable bonds is 3. The number of esters is 1. The van der Waals surface area contributed by atoms with Crippen LogP contribution >= 0.6 is 15.9 Å². The van der Waals surface area contributed by atoms with Gasteiger partial charge in [0.05, 0.1) is 12.3 Å². The third-order valence-electron chi connectivity index (χ3n) is 3.48. The lowest BCUT2D eigenvalue weighted by Crippen LogP contribution is -2.12. The molecule has 0 bridgehead atoms. The van der Waals surface area contributed by atoms with Gasteiger partial charge < -0.3 is 10.5 Å². The number of halogens is 1. The average Bonchev–Trinajstić information content (AvgIpc) is 2.86. The van der Waals surface area contributed by atoms with E-state index in [1.165, 1.54) is 10.7 Å². The molecule has 3 aromatic rings. The number of nitrogens with two attached hydrogens (primary N) is 1. The molecule has 2 heterocycles. The van der Waals surface area contributed by atoms with Crippen LogP contribution in [0.5, 0.6) is 0 Å². The van der Waals surface area contributed by atoms with Crippen LogP contribution in [-0.2, 0) is 4.74 Å². The number of hydrogen-bond donors (Lipinski definition) is 1. The predicted molar refractivity (Wildman–Crippen MR) is 91.2 cm³/mol. The minimum atomic E-state index is -0.502. The van der Waals surface area contributed by atoms with Gasteiger partial charge in [0.1, 0.15) is 11.4 Å². The molecule has 23 heavy (non-hydrogen) atoms. The zero-order valence-electron chi connectivity index (χ0n) is 12.7. The normalized spacial score (nSPS) is 10.9. The molecule has 0 unspecified atom stereocenters. The maximum atomic E-state index is 11.9. The highest BCUT2D eigenvalue weighted by Crippen LogP contribution is 2.30. The number of aromatic nitrogens is 3. The fraction of sp³-hybridized carbons (Fsp3) is 0.188. The molecule has 6 nitrogen and oxygen atoms in total. The van der Waals surface area contributed by atoms with Crippen LogP contribution in [0.25, 0.3) is 16.8 Å². The highest BCUT2D eigenvalue weighted by molar-refractivity contribution is 9.10. The van der Waals surface area contributed by atoms with E-state index < -0.39 is 5.97 Å². The van der Waals surface area contributed by atoms with E-state index in [0.717, 1.165) is 21.3 Å². The Bertz CT molecular complexity index is 887. The summed E-state index contributed by atoms with van der Waals surface area (Å²) in [5, 5.41) is 4.42. The Hall–Kier alpha value is -2.41. The van der Waals surface area contributed by atoms with Gasteiger partial charge in [0.25, 0.3) is 0 Å². The Morgan fingerprint density at radius 1 is 1.35 bits per heavy atom. The van der Waals surface area contributed by atoms with E-state index in [1.54, 1.807) is 6.92 Å². The van der Waals surface area contributed by atoms with E-state index in [4.69, 9.17) is 10.5 Å². The zero-order chi connectivity index (χ0) is 16.6. The molecular formula is C16H15BrN4O2. The monoisotopic (exact) mass is 374 g/mol. The Kier molecular flexibility index (Phi) is 4.04. The summed E-state index contributed by atoms with van der Waals surface area (Å²) >= 11 is 3.42. The molecule has 118 valence electrons. The van der Waals surface area contributed by atoms with Crippen LogP contribution in [-0.4, -0.2) is 27.2 Å². The lowest BCUT2D eigenvalue weighted by Gasteiger charge is -2.06. The first-order valence-electron chi connectivity index (χ1n) is 7.09. The molecule has 1 aromatic carbocycles. The molecular weight excluding hydrogens is 360 g/mol. The van der Waals surface area contributed by atoms with E-state index in [2.05, 4.69) is 26.0 Å². The molecule has 0 aliphatic carbocycles. The summed E-state index contributed by atoms with van der Waals surface area (Å²) in [6, 6.07) is 7.86. The molecule has 0 saturated carbocycles. The van der Waals surface area contributed by atoms with Gasteiger partial charge in [-0.05, 0) is 31.5 Å². The summed E-state index contributed by atoms with van der Waals surface area (Å²) in [6.07, 6.45) is 1.44. The van der Waals surface area contributed by atoms with Crippen molar-refractivity contribution in [1.82, 2.24) is 14.6 Å². The van der Waals surface area contributed by atoms with E-state index in [0.29, 0.717) is 5.65 Å². The quantitative estimate of drug-likeness (QED) is 0.711. The maximum Gasteiger partial charge on any atom is 0.343 e. The van der Waals surface area contributed by atoms with Gasteiger partial charge >= 0.3 is 5.97 Å². The molecule has 0 atom stereocenters. The summed E-state index contributed by atoms with van der Waals surface area (Å²) in [6.45, 7) is 3.90. The number of aryl methyl sites for hydroxylation is 1. The van der Waals surface area contributed by atoms with Crippen LogP contribution in [0.2, 0.25) is 0 Å². The van der Waals surface area contributed by atoms with Crippen molar-refractivity contribution in [3.63, 3.8) is 0 Å². The first-order chi connectivity index (χ1) is 11.0. The average molecular weight is 375 g/mol. The molecule has 0 aliphatic heterocycles. The van der Waals surface area contributed by atoms with E-state index in [1.807, 2.05) is 31.2 Å². The van der Waals surface area contributed by atoms with E-state index in [9.17, 15) is 4.79 Å². The third-order valence-corrected chi connectivity index (χ3v) is 4.01. The van der Waals surface area contributed by atoms with Crippen LogP contribution in [0, 0.1) is 6.92 Å². The van der Waals surface area contributed by atoms with E-state index >= 15 is 0 Å². The second kappa shape index (κ2) is 6.00. The van der Waals surface area contributed by atoms with Crippen molar-refractivity contribution in [3.8, 4) is 11.1 Å². The smallest absolute Gasteiger partial charge is 0.343 e. The van der Waals surface area contributed by atoms with Crippen molar-refractivity contribution in [2.24, 2.45) is 0 Å². The van der Waals surface area contributed by atoms with Crippen molar-refractivity contribution in [2.45, 2.75) is 13.8 Å². The first-order valence-corrected chi connectivity index (χ1v) is 7.89. The van der Waals surface area contributed by atoms with E-state index in [-0.39, 0.29) is 18.0 Å². The largest absolute Gasteiger partial charge is 0.462 e. The van der Waals surface area contributed by atoms with Gasteiger partial charge in [-0.3, -0.25) is 0 Å². The Morgan fingerprint density at radius 2 is 2.04 bits per heavy atom. The number of nitrogen functional groups attached to an aromatic ring is 1. The SMILES string of the molecule is CCOC(=O)c1cnc2c(-c3ccc(Br)cc3)c(C)nn2c1N. The number of ether oxygens (including phenoxy) is 1. The second-order valence-electron chi connectivity index (χ2n) is 4.98. The lowest BCUT2D eigenvalue weighted by molar-refractivity contribution is 0.0526. The van der Waals surface area contributed by atoms with Crippen molar-refractivity contribution < 1.29 is 9.53 Å². The van der Waals surface area contributed by atoms with Gasteiger partial charge in [-0.15, -0.1) is 0 Å². The number of anilines is 1. The van der Waals surface area contributed by atoms with Crippen molar-refractivity contribution in [2.75, 3.05) is 12.3 Å². The lowest BCUT2D eigenvalue weighted by atomic mass is 10.1. The van der Waals surface area contributed by atoms with Crippen molar-refractivity contribution in [3.05, 3.63) is 46.2 Å². The minimum absolute atomic E-state index is 0.212. The number of hydrogen-bond acceptors (Lipinski definition) is 5. The molecule has 7 heteroatoms. The summed E-state index contributed by atoms with van der Waals surface area (Å²) in [5.74, 6) is -0.280. The summed E-state index contributed by atoms with van der Waals surface area (Å²) in [5.41, 5.74) is 9.56. The molecule has 0 amide bonds. The molecule has 0 radical (unpaired) electrons. The van der Waals surface area contributed by atoms with Gasteiger partial charge in [0.2, 0.25) is 0 Å². The highest BCUT2D eigenvalue weighted by atomic mass is 79.9. The topological polar surface area (TPSA) is 82.5 Å². The molecule has 0 fully saturated rings. The first kappa shape index (κ1) is 15.5. The molecule has 2 N–H and O–H groups in total. The molecule has 0 saturated heterocycles. The van der Waals surface area contributed by atoms with Crippen LogP contribution in [0.3, 0.4) is 0 Å². The molecule has 0 spiro atoms. The minimum Gasteiger partial charge on any atom is -0.462 e. The van der Waals surface area contributed by atoms with Crippen LogP contribution in [0.1, 0.15) is 23.0 Å². The van der Waals surface area contributed by atoms with Gasteiger partial charge in [-0.1, -0.05) is 28.1 Å². The summed E-state index contributed by atoms with van der Waals surface area (Å²) < 4.78 is 7.47. The van der Waals surface area contributed by atoms with Gasteiger partial charge in [0.15, 0.2) is 5.65 Å². The number of nitrogens with zero attached hydrogens (tertiary/aromatic N) is 3. The number of carbonyl (C=O) groups excluding carboxylic acids is 1. The second-order valence-corrected chi connectivity index (χ2v) is 5.90. The molecule has 2 aromatic heterocycles. The molecule has 3 rings (SSSR count). The van der Waals surface area contributed by atoms with Crippen LogP contribution in [0.4, 0.5) is 5.82 Å². The number of fused-ring (bicyclic) bond motifs is 1. The van der Waals surface area contributed by atoms with Crippen LogP contribution in [0.15, 0.2) is 34.9 Å². The Morgan fingerprint density at radius 3 is 2.70 bits per heavy atom. The fourth-order valence-electron chi connectivity index (χ4n) is 2.43. The zero-order valence-corrected chi connectivity index (χ0v) is 14.3. The predicted octanol–water partition coefficient (Wildman–Crippen LogP) is 3.23. The van der Waals surface area contributed by atoms with Gasteiger partial charge in [-0.2, -0.15) is 9.61 Å². The Balaban J connectivity index is 2.19. The fourth-order valence-corrected chi connectivity index (χ4v) is 2.69. The van der Waals surface area contributed by atoms with Crippen molar-refractivity contribution >= 4 is 33.4 Å². The van der Waals surface area contributed by atoms with Crippen molar-refractivity contribution in [1.29, 1.82) is 0 Å². The van der Waals surface area contributed by atoms with Crippen LogP contribution < -0.4 is 5.73 Å². The molecule has 0 aliphatic rings. The summed E-state index contributed by atoms with van der Waals surface area (Å²) in [4.78, 5) is 16.3. The maximum absolute atomic E-state index is 11.9. The number of carbonyl (C=O) groups is 1. The van der Waals surface area contributed by atoms with Gasteiger partial charge in [0, 0.05) is 16.2 Å². The Labute approximate surface area is 141 Å². The highest BCUT2D eigenvalue weighted by Gasteiger charge is 2.19. The van der Waals surface area contributed by atoms with Gasteiger partial charge in [-0.25, -0.2) is 9.78 Å². The standard InChI is InChI=1S/C16H15BrN4O2/c1-3-23-16(22)12-8-19-15-13(9(2)20-21(15)14(12)18)10-4-6-11(17)7-5-10/h4-8H,3,18H2,1-2H3.